The van der Waals surface area contributed by atoms with E-state index in [4.69, 9.17) is 16.7 Å². The number of carboxylic acid groups (broad SMARTS) is 1. The van der Waals surface area contributed by atoms with Gasteiger partial charge in [0.2, 0.25) is 0 Å². The van der Waals surface area contributed by atoms with Crippen LogP contribution >= 0.6 is 11.6 Å². The normalized spacial score (nSPS) is 10.0. The Labute approximate surface area is 129 Å². The van der Waals surface area contributed by atoms with Crippen LogP contribution in [0, 0.1) is 0 Å². The summed E-state index contributed by atoms with van der Waals surface area (Å²) in [5, 5.41) is 9.45. The molecule has 0 spiro atoms. The lowest BCUT2D eigenvalue weighted by Gasteiger charge is -2.27. The molecule has 0 aromatic heterocycles. The van der Waals surface area contributed by atoms with Crippen molar-refractivity contribution < 1.29 is 14.7 Å². The van der Waals surface area contributed by atoms with Crippen molar-refractivity contribution in [2.45, 2.75) is 12.8 Å². The maximum atomic E-state index is 12.4. The van der Waals surface area contributed by atoms with Gasteiger partial charge in [0.15, 0.2) is 0 Å². The number of rotatable bonds is 7. The topological polar surface area (TPSA) is 60.9 Å². The van der Waals surface area contributed by atoms with E-state index >= 15 is 0 Å². The minimum atomic E-state index is -1.08. The highest BCUT2D eigenvalue weighted by Crippen LogP contribution is 2.20. The van der Waals surface area contributed by atoms with Gasteiger partial charge in [0, 0.05) is 24.3 Å². The summed E-state index contributed by atoms with van der Waals surface area (Å²) in [5.41, 5.74) is 0.463. The lowest BCUT2D eigenvalue weighted by atomic mass is 10.2. The fourth-order valence-corrected chi connectivity index (χ4v) is 2.01. The van der Waals surface area contributed by atoms with Crippen LogP contribution in [-0.2, 0) is 4.79 Å². The van der Waals surface area contributed by atoms with Gasteiger partial charge in [-0.3, -0.25) is 9.69 Å². The summed E-state index contributed by atoms with van der Waals surface area (Å²) in [4.78, 5) is 26.1. The average molecular weight is 311 g/mol. The number of anilines is 1. The zero-order chi connectivity index (χ0) is 15.8. The fraction of sp³-hybridized carbons (Fsp3) is 0.333. The van der Waals surface area contributed by atoms with E-state index in [0.29, 0.717) is 17.3 Å². The van der Waals surface area contributed by atoms with Gasteiger partial charge in [-0.15, -0.1) is 6.58 Å². The van der Waals surface area contributed by atoms with Crippen LogP contribution in [0.5, 0.6) is 0 Å². The molecule has 0 unspecified atom stereocenters. The molecule has 1 rings (SSSR count). The summed E-state index contributed by atoms with van der Waals surface area (Å²) in [6, 6.07) is 6.20. The van der Waals surface area contributed by atoms with Crippen molar-refractivity contribution in [3.05, 3.63) is 41.9 Å². The van der Waals surface area contributed by atoms with Crippen LogP contribution in [0.2, 0.25) is 5.02 Å². The third kappa shape index (κ3) is 5.47. The zero-order valence-corrected chi connectivity index (χ0v) is 12.7. The van der Waals surface area contributed by atoms with Crippen LogP contribution in [0.4, 0.5) is 10.5 Å². The monoisotopic (exact) mass is 310 g/mol. The van der Waals surface area contributed by atoms with Crippen LogP contribution in [0.3, 0.4) is 0 Å². The smallest absolute Gasteiger partial charge is 0.324 e. The van der Waals surface area contributed by atoms with Crippen molar-refractivity contribution in [2.75, 3.05) is 25.0 Å². The highest BCUT2D eigenvalue weighted by atomic mass is 35.5. The Morgan fingerprint density at radius 3 is 2.71 bits per heavy atom. The van der Waals surface area contributed by atoms with Crippen LogP contribution in [0.25, 0.3) is 0 Å². The third-order valence-electron chi connectivity index (χ3n) is 2.87. The second-order valence-electron chi connectivity index (χ2n) is 4.59. The molecule has 0 saturated carbocycles. The van der Waals surface area contributed by atoms with Crippen molar-refractivity contribution in [2.24, 2.45) is 0 Å². The number of unbranched alkanes of at least 4 members (excludes halogenated alkanes) is 1. The molecule has 2 amide bonds. The molecule has 0 bridgehead atoms. The van der Waals surface area contributed by atoms with E-state index in [-0.39, 0.29) is 6.03 Å². The van der Waals surface area contributed by atoms with Crippen molar-refractivity contribution in [1.29, 1.82) is 0 Å². The molecule has 0 aliphatic heterocycles. The number of nitrogens with zero attached hydrogens (tertiary/aromatic N) is 2. The van der Waals surface area contributed by atoms with Crippen LogP contribution in [0.15, 0.2) is 36.9 Å². The predicted octanol–water partition coefficient (Wildman–Crippen LogP) is 3.25. The van der Waals surface area contributed by atoms with Crippen LogP contribution in [-0.4, -0.2) is 42.1 Å². The number of carbonyl (C=O) groups is 2. The van der Waals surface area contributed by atoms with E-state index < -0.39 is 12.5 Å². The molecule has 0 aliphatic carbocycles. The first kappa shape index (κ1) is 17.0. The number of carbonyl (C=O) groups excluding carboxylic acids is 1. The molecule has 0 atom stereocenters. The number of allylic oxidation sites excluding steroid dienone is 1. The number of hydrogen-bond donors (Lipinski definition) is 1. The maximum absolute atomic E-state index is 12.4. The SMILES string of the molecule is C=CCCCN(C)C(=O)N(CC(=O)O)c1cccc(Cl)c1. The highest BCUT2D eigenvalue weighted by molar-refractivity contribution is 6.30. The number of aliphatic carboxylic acids is 1. The molecule has 21 heavy (non-hydrogen) atoms. The van der Waals surface area contributed by atoms with E-state index in [9.17, 15) is 9.59 Å². The Morgan fingerprint density at radius 1 is 1.43 bits per heavy atom. The first-order chi connectivity index (χ1) is 9.95. The zero-order valence-electron chi connectivity index (χ0n) is 12.0. The second kappa shape index (κ2) is 8.32. The Balaban J connectivity index is 2.88. The largest absolute Gasteiger partial charge is 0.480 e. The summed E-state index contributed by atoms with van der Waals surface area (Å²) >= 11 is 5.90. The summed E-state index contributed by atoms with van der Waals surface area (Å²) in [6.07, 6.45) is 3.36. The summed E-state index contributed by atoms with van der Waals surface area (Å²) in [5.74, 6) is -1.08. The molecule has 114 valence electrons. The molecule has 0 radical (unpaired) electrons. The first-order valence-electron chi connectivity index (χ1n) is 6.56. The minimum absolute atomic E-state index is 0.372. The molecule has 6 heteroatoms. The number of carboxylic acids is 1. The molecule has 5 nitrogen and oxygen atoms in total. The predicted molar refractivity (Wildman–Crippen MR) is 83.9 cm³/mol. The highest BCUT2D eigenvalue weighted by Gasteiger charge is 2.22. The molecule has 0 fully saturated rings. The first-order valence-corrected chi connectivity index (χ1v) is 6.94. The van der Waals surface area contributed by atoms with E-state index in [1.54, 1.807) is 37.4 Å². The number of benzene rings is 1. The molecular formula is C15H19ClN2O3. The average Bonchev–Trinajstić information content (AvgIpc) is 2.44. The molecular weight excluding hydrogens is 292 g/mol. The van der Waals surface area contributed by atoms with Crippen LogP contribution in [0.1, 0.15) is 12.8 Å². The Kier molecular flexibility index (Phi) is 6.75. The number of halogens is 1. The summed E-state index contributed by atoms with van der Waals surface area (Å²) in [7, 11) is 1.64. The lowest BCUT2D eigenvalue weighted by molar-refractivity contribution is -0.135. The van der Waals surface area contributed by atoms with Gasteiger partial charge < -0.3 is 10.0 Å². The minimum Gasteiger partial charge on any atom is -0.480 e. The van der Waals surface area contributed by atoms with Crippen molar-refractivity contribution in [1.82, 2.24) is 4.90 Å². The fourth-order valence-electron chi connectivity index (χ4n) is 1.82. The van der Waals surface area contributed by atoms with Gasteiger partial charge in [0.05, 0.1) is 0 Å². The van der Waals surface area contributed by atoms with E-state index in [2.05, 4.69) is 6.58 Å². The quantitative estimate of drug-likeness (QED) is 0.621. The Hall–Kier alpha value is -2.01. The van der Waals surface area contributed by atoms with Gasteiger partial charge >= 0.3 is 12.0 Å². The second-order valence-corrected chi connectivity index (χ2v) is 5.03. The number of amides is 2. The molecule has 1 aromatic carbocycles. The standard InChI is InChI=1S/C15H19ClN2O3/c1-3-4-5-9-17(2)15(21)18(11-14(19)20)13-8-6-7-12(16)10-13/h3,6-8,10H,1,4-5,9,11H2,2H3,(H,19,20). The molecule has 0 saturated heterocycles. The van der Waals surface area contributed by atoms with Gasteiger partial charge in [-0.2, -0.15) is 0 Å². The van der Waals surface area contributed by atoms with E-state index in [1.807, 2.05) is 0 Å². The van der Waals surface area contributed by atoms with Crippen molar-refractivity contribution in [3.63, 3.8) is 0 Å². The van der Waals surface area contributed by atoms with Gasteiger partial charge in [-0.05, 0) is 31.0 Å². The Bertz CT molecular complexity index is 519. The van der Waals surface area contributed by atoms with E-state index in [0.717, 1.165) is 12.8 Å². The van der Waals surface area contributed by atoms with Gasteiger partial charge in [0.25, 0.3) is 0 Å². The third-order valence-corrected chi connectivity index (χ3v) is 3.11. The molecule has 1 aromatic rings. The van der Waals surface area contributed by atoms with Gasteiger partial charge in [-0.25, -0.2) is 4.79 Å². The maximum Gasteiger partial charge on any atom is 0.324 e. The molecule has 0 aliphatic rings. The summed E-state index contributed by atoms with van der Waals surface area (Å²) in [6.45, 7) is 3.75. The van der Waals surface area contributed by atoms with E-state index in [1.165, 1.54) is 9.80 Å². The van der Waals surface area contributed by atoms with Gasteiger partial charge in [-0.1, -0.05) is 23.7 Å². The van der Waals surface area contributed by atoms with Gasteiger partial charge in [0.1, 0.15) is 6.54 Å². The van der Waals surface area contributed by atoms with Crippen molar-refractivity contribution in [3.8, 4) is 0 Å². The lowest BCUT2D eigenvalue weighted by Crippen LogP contribution is -2.44. The number of urea groups is 1. The molecule has 0 heterocycles. The summed E-state index contributed by atoms with van der Waals surface area (Å²) < 4.78 is 0. The Morgan fingerprint density at radius 2 is 2.14 bits per heavy atom. The molecule has 1 N–H and O–H groups in total. The number of hydrogen-bond acceptors (Lipinski definition) is 2. The van der Waals surface area contributed by atoms with Crippen LogP contribution < -0.4 is 4.90 Å². The van der Waals surface area contributed by atoms with Crippen molar-refractivity contribution >= 4 is 29.3 Å².